The van der Waals surface area contributed by atoms with E-state index in [0.717, 1.165) is 35.1 Å². The zero-order valence-corrected chi connectivity index (χ0v) is 12.6. The third-order valence-electron chi connectivity index (χ3n) is 3.21. The van der Waals surface area contributed by atoms with E-state index in [1.165, 1.54) is 0 Å². The van der Waals surface area contributed by atoms with Gasteiger partial charge in [0.05, 0.1) is 0 Å². The molecule has 110 valence electrons. The molecule has 0 aliphatic rings. The number of nitrogens with one attached hydrogen (secondary N) is 1. The van der Waals surface area contributed by atoms with Gasteiger partial charge in [-0.2, -0.15) is 0 Å². The summed E-state index contributed by atoms with van der Waals surface area (Å²) in [6.07, 6.45) is 5.34. The monoisotopic (exact) mass is 284 g/mol. The summed E-state index contributed by atoms with van der Waals surface area (Å²) >= 11 is 0. The zero-order valence-electron chi connectivity index (χ0n) is 12.6. The van der Waals surface area contributed by atoms with Gasteiger partial charge in [0.25, 0.3) is 0 Å². The molecule has 0 radical (unpaired) electrons. The van der Waals surface area contributed by atoms with Crippen molar-refractivity contribution in [1.82, 2.24) is 9.97 Å². The van der Waals surface area contributed by atoms with Crippen molar-refractivity contribution in [2.24, 2.45) is 0 Å². The highest BCUT2D eigenvalue weighted by molar-refractivity contribution is 5.85. The number of carbonyl (C=O) groups is 1. The van der Waals surface area contributed by atoms with Gasteiger partial charge < -0.3 is 10.1 Å². The van der Waals surface area contributed by atoms with Crippen molar-refractivity contribution in [1.29, 1.82) is 0 Å². The highest BCUT2D eigenvalue weighted by Crippen LogP contribution is 2.20. The van der Waals surface area contributed by atoms with E-state index in [1.807, 2.05) is 30.5 Å². The number of nitrogens with zero attached hydrogens (tertiary/aromatic N) is 1. The van der Waals surface area contributed by atoms with Crippen LogP contribution in [0.4, 0.5) is 0 Å². The maximum absolute atomic E-state index is 10.5. The Morgan fingerprint density at radius 1 is 1.29 bits per heavy atom. The summed E-state index contributed by atoms with van der Waals surface area (Å²) < 4.78 is 0. The molecule has 4 nitrogen and oxygen atoms in total. The number of H-pyrrole nitrogens is 1. The lowest BCUT2D eigenvalue weighted by Crippen LogP contribution is -2.11. The number of carboxylic acids is 1. The molecule has 0 bridgehead atoms. The predicted octanol–water partition coefficient (Wildman–Crippen LogP) is 3.40. The second kappa shape index (κ2) is 5.95. The van der Waals surface area contributed by atoms with Gasteiger partial charge in [0.15, 0.2) is 0 Å². The van der Waals surface area contributed by atoms with Gasteiger partial charge in [0.2, 0.25) is 0 Å². The summed E-state index contributed by atoms with van der Waals surface area (Å²) in [5, 5.41) is 8.59. The average Bonchev–Trinajstić information content (AvgIpc) is 2.86. The van der Waals surface area contributed by atoms with E-state index in [2.05, 4.69) is 30.7 Å². The van der Waals surface area contributed by atoms with E-state index < -0.39 is 5.97 Å². The topological polar surface area (TPSA) is 66.0 Å². The Balaban J connectivity index is 2.07. The largest absolute Gasteiger partial charge is 0.478 e. The summed E-state index contributed by atoms with van der Waals surface area (Å²) in [5.74, 6) is -0.00174. The number of carboxylic acid groups (broad SMARTS) is 1. The molecule has 0 atom stereocenters. The molecule has 2 N–H and O–H groups in total. The Morgan fingerprint density at radius 3 is 2.48 bits per heavy atom. The molecule has 1 aromatic carbocycles. The van der Waals surface area contributed by atoms with Crippen LogP contribution in [0, 0.1) is 0 Å². The minimum absolute atomic E-state index is 0.0662. The molecular weight excluding hydrogens is 264 g/mol. The molecule has 2 aromatic rings. The molecule has 4 heteroatoms. The molecule has 0 spiro atoms. The maximum atomic E-state index is 10.5. The first-order valence-electron chi connectivity index (χ1n) is 6.89. The highest BCUT2D eigenvalue weighted by Gasteiger charge is 2.16. The fourth-order valence-electron chi connectivity index (χ4n) is 1.94. The van der Waals surface area contributed by atoms with Crippen molar-refractivity contribution in [3.8, 4) is 0 Å². The Bertz CT molecular complexity index is 646. The second-order valence-electron chi connectivity index (χ2n) is 6.08. The third-order valence-corrected chi connectivity index (χ3v) is 3.21. The number of hydrogen-bond donors (Lipinski definition) is 2. The van der Waals surface area contributed by atoms with Crippen LogP contribution in [0.3, 0.4) is 0 Å². The van der Waals surface area contributed by atoms with Crippen LogP contribution in [-0.2, 0) is 16.6 Å². The lowest BCUT2D eigenvalue weighted by atomic mass is 9.93. The van der Waals surface area contributed by atoms with E-state index in [1.54, 1.807) is 6.08 Å². The minimum atomic E-state index is -0.940. The standard InChI is InChI=1S/C17H20N2O2/c1-17(2,3)14-11-18-15(19-14)10-13-6-4-12(5-7-13)8-9-16(20)21/h4-9,11H,10H2,1-3H3,(H,18,19)(H,20,21)/b9-8+. The van der Waals surface area contributed by atoms with Crippen LogP contribution in [0.15, 0.2) is 36.5 Å². The van der Waals surface area contributed by atoms with Crippen LogP contribution in [0.1, 0.15) is 43.4 Å². The summed E-state index contributed by atoms with van der Waals surface area (Å²) in [5.41, 5.74) is 3.20. The van der Waals surface area contributed by atoms with Gasteiger partial charge >= 0.3 is 5.97 Å². The molecule has 0 amide bonds. The van der Waals surface area contributed by atoms with Crippen molar-refractivity contribution in [2.75, 3.05) is 0 Å². The molecule has 0 saturated heterocycles. The number of hydrogen-bond acceptors (Lipinski definition) is 2. The van der Waals surface area contributed by atoms with Gasteiger partial charge in [-0.25, -0.2) is 9.78 Å². The fraction of sp³-hybridized carbons (Fsp3) is 0.294. The maximum Gasteiger partial charge on any atom is 0.328 e. The van der Waals surface area contributed by atoms with Crippen LogP contribution in [0.25, 0.3) is 6.08 Å². The summed E-state index contributed by atoms with van der Waals surface area (Å²) in [6.45, 7) is 6.44. The van der Waals surface area contributed by atoms with Gasteiger partial charge in [-0.05, 0) is 17.2 Å². The van der Waals surface area contributed by atoms with E-state index in [4.69, 9.17) is 5.11 Å². The van der Waals surface area contributed by atoms with Gasteiger partial charge in [-0.3, -0.25) is 0 Å². The third kappa shape index (κ3) is 4.31. The quantitative estimate of drug-likeness (QED) is 0.846. The van der Waals surface area contributed by atoms with Gasteiger partial charge in [0.1, 0.15) is 5.82 Å². The Morgan fingerprint density at radius 2 is 1.95 bits per heavy atom. The zero-order chi connectivity index (χ0) is 15.5. The molecule has 1 aromatic heterocycles. The van der Waals surface area contributed by atoms with Crippen LogP contribution < -0.4 is 0 Å². The highest BCUT2D eigenvalue weighted by atomic mass is 16.4. The molecule has 0 unspecified atom stereocenters. The second-order valence-corrected chi connectivity index (χ2v) is 6.08. The number of rotatable bonds is 4. The van der Waals surface area contributed by atoms with Crippen molar-refractivity contribution in [3.63, 3.8) is 0 Å². The summed E-state index contributed by atoms with van der Waals surface area (Å²) in [4.78, 5) is 18.2. The Kier molecular flexibility index (Phi) is 4.26. The summed E-state index contributed by atoms with van der Waals surface area (Å²) in [6, 6.07) is 7.78. The number of aliphatic carboxylic acids is 1. The van der Waals surface area contributed by atoms with Crippen molar-refractivity contribution < 1.29 is 9.90 Å². The van der Waals surface area contributed by atoms with E-state index >= 15 is 0 Å². The number of aromatic amines is 1. The smallest absolute Gasteiger partial charge is 0.328 e. The van der Waals surface area contributed by atoms with E-state index in [-0.39, 0.29) is 5.41 Å². The van der Waals surface area contributed by atoms with Crippen LogP contribution in [0.2, 0.25) is 0 Å². The fourth-order valence-corrected chi connectivity index (χ4v) is 1.94. The minimum Gasteiger partial charge on any atom is -0.478 e. The normalized spacial score (nSPS) is 12.0. The Labute approximate surface area is 124 Å². The number of aromatic nitrogens is 2. The predicted molar refractivity (Wildman–Crippen MR) is 83.2 cm³/mol. The van der Waals surface area contributed by atoms with Crippen molar-refractivity contribution in [2.45, 2.75) is 32.6 Å². The molecule has 0 aliphatic carbocycles. The SMILES string of the molecule is CC(C)(C)c1cnc(Cc2ccc(/C=C/C(=O)O)cc2)[nH]1. The lowest BCUT2D eigenvalue weighted by Gasteiger charge is -2.15. The molecular formula is C17H20N2O2. The Hall–Kier alpha value is -2.36. The van der Waals surface area contributed by atoms with E-state index in [0.29, 0.717) is 0 Å². The van der Waals surface area contributed by atoms with Gasteiger partial charge in [-0.1, -0.05) is 45.0 Å². The summed E-state index contributed by atoms with van der Waals surface area (Å²) in [7, 11) is 0. The van der Waals surface area contributed by atoms with Crippen LogP contribution in [-0.4, -0.2) is 21.0 Å². The molecule has 0 saturated carbocycles. The van der Waals surface area contributed by atoms with Gasteiger partial charge in [0, 0.05) is 29.8 Å². The molecule has 21 heavy (non-hydrogen) atoms. The first-order valence-corrected chi connectivity index (χ1v) is 6.89. The average molecular weight is 284 g/mol. The van der Waals surface area contributed by atoms with E-state index in [9.17, 15) is 4.79 Å². The molecule has 2 rings (SSSR count). The van der Waals surface area contributed by atoms with Crippen LogP contribution >= 0.6 is 0 Å². The molecule has 0 aliphatic heterocycles. The van der Waals surface area contributed by atoms with Gasteiger partial charge in [-0.15, -0.1) is 0 Å². The lowest BCUT2D eigenvalue weighted by molar-refractivity contribution is -0.131. The first kappa shape index (κ1) is 15.0. The molecule has 1 heterocycles. The first-order chi connectivity index (χ1) is 9.84. The molecule has 0 fully saturated rings. The number of benzene rings is 1. The van der Waals surface area contributed by atoms with Crippen molar-refractivity contribution >= 4 is 12.0 Å². The number of imidazole rings is 1. The van der Waals surface area contributed by atoms with Crippen molar-refractivity contribution in [3.05, 3.63) is 59.2 Å². The van der Waals surface area contributed by atoms with Crippen LogP contribution in [0.5, 0.6) is 0 Å².